The van der Waals surface area contributed by atoms with E-state index in [1.807, 2.05) is 54.6 Å². The van der Waals surface area contributed by atoms with Crippen LogP contribution < -0.4 is 5.32 Å². The van der Waals surface area contributed by atoms with E-state index in [4.69, 9.17) is 0 Å². The SMILES string of the molecule is CC(C)c1ccccc1NC(=O)N(CCO)Cc1ccccc1. The van der Waals surface area contributed by atoms with Crippen molar-refractivity contribution >= 4 is 11.7 Å². The smallest absolute Gasteiger partial charge is 0.322 e. The highest BCUT2D eigenvalue weighted by Crippen LogP contribution is 2.24. The molecule has 0 atom stereocenters. The molecule has 2 aromatic rings. The van der Waals surface area contributed by atoms with Gasteiger partial charge in [-0.15, -0.1) is 0 Å². The molecule has 122 valence electrons. The molecule has 4 heteroatoms. The standard InChI is InChI=1S/C19H24N2O2/c1-15(2)17-10-6-7-11-18(17)20-19(23)21(12-13-22)14-16-8-4-3-5-9-16/h3-11,15,22H,12-14H2,1-2H3,(H,20,23). The van der Waals surface area contributed by atoms with E-state index in [1.54, 1.807) is 4.90 Å². The monoisotopic (exact) mass is 312 g/mol. The van der Waals surface area contributed by atoms with Crippen LogP contribution in [0.25, 0.3) is 0 Å². The van der Waals surface area contributed by atoms with Crippen LogP contribution in [0.3, 0.4) is 0 Å². The summed E-state index contributed by atoms with van der Waals surface area (Å²) in [7, 11) is 0. The molecule has 0 unspecified atom stereocenters. The number of hydrogen-bond acceptors (Lipinski definition) is 2. The van der Waals surface area contributed by atoms with Crippen LogP contribution in [0.15, 0.2) is 54.6 Å². The number of carbonyl (C=O) groups excluding carboxylic acids is 1. The van der Waals surface area contributed by atoms with E-state index in [0.29, 0.717) is 19.0 Å². The van der Waals surface area contributed by atoms with Gasteiger partial charge in [-0.05, 0) is 23.1 Å². The van der Waals surface area contributed by atoms with Crippen molar-refractivity contribution in [2.75, 3.05) is 18.5 Å². The maximum absolute atomic E-state index is 12.6. The van der Waals surface area contributed by atoms with Crippen LogP contribution in [-0.4, -0.2) is 29.2 Å². The molecular formula is C19H24N2O2. The summed E-state index contributed by atoms with van der Waals surface area (Å²) in [5.41, 5.74) is 2.96. The van der Waals surface area contributed by atoms with Gasteiger partial charge in [0.05, 0.1) is 6.61 Å². The van der Waals surface area contributed by atoms with Gasteiger partial charge in [-0.1, -0.05) is 62.4 Å². The number of nitrogens with zero attached hydrogens (tertiary/aromatic N) is 1. The minimum atomic E-state index is -0.198. The fraction of sp³-hybridized carbons (Fsp3) is 0.316. The second-order valence-corrected chi connectivity index (χ2v) is 5.80. The van der Waals surface area contributed by atoms with Crippen molar-refractivity contribution in [1.82, 2.24) is 4.90 Å². The first-order valence-corrected chi connectivity index (χ1v) is 7.91. The first-order valence-electron chi connectivity index (χ1n) is 7.91. The van der Waals surface area contributed by atoms with Gasteiger partial charge in [-0.3, -0.25) is 0 Å². The molecule has 0 radical (unpaired) electrons. The van der Waals surface area contributed by atoms with Gasteiger partial charge >= 0.3 is 6.03 Å². The number of para-hydroxylation sites is 1. The van der Waals surface area contributed by atoms with Crippen LogP contribution in [0.2, 0.25) is 0 Å². The second-order valence-electron chi connectivity index (χ2n) is 5.80. The van der Waals surface area contributed by atoms with E-state index in [1.165, 1.54) is 0 Å². The average Bonchev–Trinajstić information content (AvgIpc) is 2.55. The van der Waals surface area contributed by atoms with Crippen molar-refractivity contribution in [2.45, 2.75) is 26.3 Å². The molecule has 0 spiro atoms. The zero-order chi connectivity index (χ0) is 16.7. The van der Waals surface area contributed by atoms with E-state index < -0.39 is 0 Å². The van der Waals surface area contributed by atoms with Crippen LogP contribution in [0.1, 0.15) is 30.9 Å². The van der Waals surface area contributed by atoms with Gasteiger partial charge in [-0.25, -0.2) is 4.79 Å². The number of anilines is 1. The van der Waals surface area contributed by atoms with Crippen LogP contribution in [-0.2, 0) is 6.54 Å². The van der Waals surface area contributed by atoms with Crippen LogP contribution in [0, 0.1) is 0 Å². The summed E-state index contributed by atoms with van der Waals surface area (Å²) in [6, 6.07) is 17.4. The Morgan fingerprint density at radius 1 is 1.09 bits per heavy atom. The van der Waals surface area contributed by atoms with Crippen molar-refractivity contribution in [1.29, 1.82) is 0 Å². The largest absolute Gasteiger partial charge is 0.395 e. The summed E-state index contributed by atoms with van der Waals surface area (Å²) in [6.07, 6.45) is 0. The summed E-state index contributed by atoms with van der Waals surface area (Å²) < 4.78 is 0. The molecule has 0 heterocycles. The van der Waals surface area contributed by atoms with Crippen LogP contribution >= 0.6 is 0 Å². The van der Waals surface area contributed by atoms with Crippen LogP contribution in [0.5, 0.6) is 0 Å². The molecule has 0 bridgehead atoms. The Morgan fingerprint density at radius 3 is 2.39 bits per heavy atom. The molecule has 23 heavy (non-hydrogen) atoms. The maximum Gasteiger partial charge on any atom is 0.322 e. The molecular weight excluding hydrogens is 288 g/mol. The molecule has 4 nitrogen and oxygen atoms in total. The summed E-state index contributed by atoms with van der Waals surface area (Å²) in [6.45, 7) is 4.90. The minimum absolute atomic E-state index is 0.0634. The topological polar surface area (TPSA) is 52.6 Å². The lowest BCUT2D eigenvalue weighted by molar-refractivity contribution is 0.185. The second kappa shape index (κ2) is 8.34. The lowest BCUT2D eigenvalue weighted by Gasteiger charge is -2.23. The third kappa shape index (κ3) is 4.83. The quantitative estimate of drug-likeness (QED) is 0.851. The van der Waals surface area contributed by atoms with Gasteiger partial charge in [0, 0.05) is 18.8 Å². The van der Waals surface area contributed by atoms with Crippen molar-refractivity contribution in [3.63, 3.8) is 0 Å². The fourth-order valence-electron chi connectivity index (χ4n) is 2.49. The first-order chi connectivity index (χ1) is 11.1. The Morgan fingerprint density at radius 2 is 1.74 bits per heavy atom. The predicted molar refractivity (Wildman–Crippen MR) is 93.5 cm³/mol. The summed E-state index contributed by atoms with van der Waals surface area (Å²) in [5.74, 6) is 0.326. The number of rotatable bonds is 6. The van der Waals surface area contributed by atoms with E-state index >= 15 is 0 Å². The van der Waals surface area contributed by atoms with Gasteiger partial charge in [0.2, 0.25) is 0 Å². The highest BCUT2D eigenvalue weighted by Gasteiger charge is 2.15. The Labute approximate surface area is 137 Å². The van der Waals surface area contributed by atoms with Crippen molar-refractivity contribution in [3.05, 3.63) is 65.7 Å². The zero-order valence-electron chi connectivity index (χ0n) is 13.7. The Balaban J connectivity index is 2.12. The molecule has 0 saturated heterocycles. The molecule has 0 aliphatic carbocycles. The molecule has 2 amide bonds. The third-order valence-corrected chi connectivity index (χ3v) is 3.70. The normalized spacial score (nSPS) is 10.6. The zero-order valence-corrected chi connectivity index (χ0v) is 13.7. The van der Waals surface area contributed by atoms with Gasteiger partial charge in [-0.2, -0.15) is 0 Å². The molecule has 0 aliphatic rings. The molecule has 2 aromatic carbocycles. The lowest BCUT2D eigenvalue weighted by Crippen LogP contribution is -2.36. The third-order valence-electron chi connectivity index (χ3n) is 3.70. The number of carbonyl (C=O) groups is 1. The molecule has 0 fully saturated rings. The Hall–Kier alpha value is -2.33. The minimum Gasteiger partial charge on any atom is -0.395 e. The van der Waals surface area contributed by atoms with Gasteiger partial charge < -0.3 is 15.3 Å². The Bertz CT molecular complexity index is 626. The van der Waals surface area contributed by atoms with Crippen molar-refractivity contribution in [3.8, 4) is 0 Å². The van der Waals surface area contributed by atoms with Crippen LogP contribution in [0.4, 0.5) is 10.5 Å². The highest BCUT2D eigenvalue weighted by atomic mass is 16.3. The number of nitrogens with one attached hydrogen (secondary N) is 1. The lowest BCUT2D eigenvalue weighted by atomic mass is 10.0. The number of benzene rings is 2. The Kier molecular flexibility index (Phi) is 6.18. The molecule has 0 aromatic heterocycles. The van der Waals surface area contributed by atoms with Crippen molar-refractivity contribution < 1.29 is 9.90 Å². The van der Waals surface area contributed by atoms with Gasteiger partial charge in [0.25, 0.3) is 0 Å². The van der Waals surface area contributed by atoms with Gasteiger partial charge in [0.1, 0.15) is 0 Å². The molecule has 0 saturated carbocycles. The van der Waals surface area contributed by atoms with Gasteiger partial charge in [0.15, 0.2) is 0 Å². The fourth-order valence-corrected chi connectivity index (χ4v) is 2.49. The number of urea groups is 1. The molecule has 2 rings (SSSR count). The number of hydrogen-bond donors (Lipinski definition) is 2. The first kappa shape index (κ1) is 17.0. The maximum atomic E-state index is 12.6. The van der Waals surface area contributed by atoms with E-state index in [2.05, 4.69) is 19.2 Å². The van der Waals surface area contributed by atoms with Crippen molar-refractivity contribution in [2.24, 2.45) is 0 Å². The summed E-state index contributed by atoms with van der Waals surface area (Å²) >= 11 is 0. The molecule has 0 aliphatic heterocycles. The van der Waals surface area contributed by atoms with E-state index in [9.17, 15) is 9.90 Å². The number of amides is 2. The highest BCUT2D eigenvalue weighted by molar-refractivity contribution is 5.90. The number of aliphatic hydroxyl groups is 1. The van der Waals surface area contributed by atoms with E-state index in [-0.39, 0.29) is 12.6 Å². The summed E-state index contributed by atoms with van der Waals surface area (Å²) in [4.78, 5) is 14.2. The van der Waals surface area contributed by atoms with E-state index in [0.717, 1.165) is 16.8 Å². The average molecular weight is 312 g/mol. The predicted octanol–water partition coefficient (Wildman–Crippen LogP) is 3.84. The summed E-state index contributed by atoms with van der Waals surface area (Å²) in [5, 5.41) is 12.2. The number of aliphatic hydroxyl groups excluding tert-OH is 1. The molecule has 2 N–H and O–H groups in total.